The van der Waals surface area contributed by atoms with Gasteiger partial charge in [0.05, 0.1) is 5.02 Å². The number of anilines is 1. The monoisotopic (exact) mass is 443 g/mol. The fraction of sp³-hybridized carbons (Fsp3) is 0.158. The molecule has 0 saturated heterocycles. The standard InChI is InChI=1S/C11H6Cl3FN2S.C8H11N/c12-7-3-1-2-6(10(7)15)5-18-11-16-8(13)4-9(14)17-11;1-9(2)8-6-4-3-5-7-8/h1-4H,5H2;3-7H,1-2H3. The molecule has 0 bridgehead atoms. The number of nitrogens with zero attached hydrogens (tertiary/aromatic N) is 3. The Balaban J connectivity index is 0.000000244. The van der Waals surface area contributed by atoms with Gasteiger partial charge in [0.25, 0.3) is 0 Å². The molecule has 0 aliphatic heterocycles. The normalized spacial score (nSPS) is 10.1. The van der Waals surface area contributed by atoms with Crippen molar-refractivity contribution in [1.29, 1.82) is 0 Å². The van der Waals surface area contributed by atoms with E-state index in [-0.39, 0.29) is 15.3 Å². The predicted molar refractivity (Wildman–Crippen MR) is 114 cm³/mol. The molecule has 142 valence electrons. The summed E-state index contributed by atoms with van der Waals surface area (Å²) in [7, 11) is 4.07. The minimum Gasteiger partial charge on any atom is -0.378 e. The summed E-state index contributed by atoms with van der Waals surface area (Å²) in [4.78, 5) is 10.0. The summed E-state index contributed by atoms with van der Waals surface area (Å²) in [5, 5.41) is 0.998. The number of rotatable bonds is 4. The summed E-state index contributed by atoms with van der Waals surface area (Å²) in [6.45, 7) is 0. The Morgan fingerprint density at radius 1 is 0.926 bits per heavy atom. The van der Waals surface area contributed by atoms with E-state index < -0.39 is 5.82 Å². The molecular formula is C19H17Cl3FN3S. The molecular weight excluding hydrogens is 428 g/mol. The highest BCUT2D eigenvalue weighted by Crippen LogP contribution is 2.26. The molecule has 1 heterocycles. The van der Waals surface area contributed by atoms with Gasteiger partial charge in [0.1, 0.15) is 16.1 Å². The molecule has 8 heteroatoms. The first-order valence-electron chi connectivity index (χ1n) is 7.85. The van der Waals surface area contributed by atoms with E-state index in [9.17, 15) is 4.39 Å². The smallest absolute Gasteiger partial charge is 0.190 e. The Morgan fingerprint density at radius 2 is 1.56 bits per heavy atom. The molecule has 0 fully saturated rings. The van der Waals surface area contributed by atoms with E-state index in [1.54, 1.807) is 12.1 Å². The van der Waals surface area contributed by atoms with Gasteiger partial charge in [-0.05, 0) is 23.8 Å². The molecule has 0 amide bonds. The highest BCUT2D eigenvalue weighted by molar-refractivity contribution is 7.98. The maximum absolute atomic E-state index is 13.6. The van der Waals surface area contributed by atoms with Gasteiger partial charge in [0.2, 0.25) is 0 Å². The van der Waals surface area contributed by atoms with Gasteiger partial charge < -0.3 is 4.90 Å². The molecule has 0 spiro atoms. The fourth-order valence-corrected chi connectivity index (χ4v) is 3.51. The average Bonchev–Trinajstić information content (AvgIpc) is 2.63. The van der Waals surface area contributed by atoms with Gasteiger partial charge in [-0.15, -0.1) is 0 Å². The first-order chi connectivity index (χ1) is 12.9. The minimum absolute atomic E-state index is 0.0955. The molecule has 27 heavy (non-hydrogen) atoms. The highest BCUT2D eigenvalue weighted by atomic mass is 35.5. The van der Waals surface area contributed by atoms with Gasteiger partial charge in [-0.3, -0.25) is 0 Å². The molecule has 0 atom stereocenters. The van der Waals surface area contributed by atoms with Crippen LogP contribution in [0.5, 0.6) is 0 Å². The molecule has 3 rings (SSSR count). The van der Waals surface area contributed by atoms with Gasteiger partial charge in [-0.25, -0.2) is 14.4 Å². The molecule has 0 unspecified atom stereocenters. The minimum atomic E-state index is -0.431. The quantitative estimate of drug-likeness (QED) is 0.257. The first-order valence-corrected chi connectivity index (χ1v) is 9.97. The highest BCUT2D eigenvalue weighted by Gasteiger charge is 2.08. The van der Waals surface area contributed by atoms with Crippen molar-refractivity contribution in [1.82, 2.24) is 9.97 Å². The van der Waals surface area contributed by atoms with Gasteiger partial charge in [0, 0.05) is 31.6 Å². The summed E-state index contributed by atoms with van der Waals surface area (Å²) in [6, 6.07) is 16.5. The summed E-state index contributed by atoms with van der Waals surface area (Å²) in [5.41, 5.74) is 1.73. The average molecular weight is 445 g/mol. The third-order valence-corrected chi connectivity index (χ3v) is 4.88. The lowest BCUT2D eigenvalue weighted by molar-refractivity contribution is 0.617. The molecule has 3 nitrogen and oxygen atoms in total. The van der Waals surface area contributed by atoms with E-state index in [2.05, 4.69) is 27.0 Å². The van der Waals surface area contributed by atoms with Crippen molar-refractivity contribution in [2.24, 2.45) is 0 Å². The Bertz CT molecular complexity index is 859. The molecule has 0 N–H and O–H groups in total. The van der Waals surface area contributed by atoms with Gasteiger partial charge in [0.15, 0.2) is 5.16 Å². The van der Waals surface area contributed by atoms with Crippen molar-refractivity contribution in [2.75, 3.05) is 19.0 Å². The van der Waals surface area contributed by atoms with Crippen LogP contribution in [0.15, 0.2) is 59.8 Å². The third kappa shape index (κ3) is 7.18. The Labute approximate surface area is 177 Å². The topological polar surface area (TPSA) is 29.0 Å². The number of hydrogen-bond acceptors (Lipinski definition) is 4. The van der Waals surface area contributed by atoms with Crippen LogP contribution in [0.2, 0.25) is 15.3 Å². The van der Waals surface area contributed by atoms with Crippen LogP contribution in [0.25, 0.3) is 0 Å². The molecule has 0 saturated carbocycles. The van der Waals surface area contributed by atoms with Gasteiger partial charge in [-0.2, -0.15) is 0 Å². The zero-order chi connectivity index (χ0) is 19.8. The molecule has 0 aliphatic carbocycles. The van der Waals surface area contributed by atoms with Crippen LogP contribution in [-0.4, -0.2) is 24.1 Å². The van der Waals surface area contributed by atoms with Crippen LogP contribution < -0.4 is 4.90 Å². The lowest BCUT2D eigenvalue weighted by Gasteiger charge is -2.10. The van der Waals surface area contributed by atoms with E-state index in [4.69, 9.17) is 34.8 Å². The number of halogens is 4. The van der Waals surface area contributed by atoms with E-state index in [0.29, 0.717) is 16.5 Å². The molecule has 2 aromatic carbocycles. The van der Waals surface area contributed by atoms with Crippen LogP contribution in [0.4, 0.5) is 10.1 Å². The van der Waals surface area contributed by atoms with Crippen LogP contribution in [0.1, 0.15) is 5.56 Å². The second-order valence-corrected chi connectivity index (χ2v) is 7.65. The molecule has 0 aliphatic rings. The lowest BCUT2D eigenvalue weighted by atomic mass is 10.2. The number of aromatic nitrogens is 2. The predicted octanol–water partition coefficient (Wildman–Crippen LogP) is 6.62. The van der Waals surface area contributed by atoms with Crippen molar-refractivity contribution in [3.8, 4) is 0 Å². The zero-order valence-electron chi connectivity index (χ0n) is 14.7. The van der Waals surface area contributed by atoms with Crippen LogP contribution in [-0.2, 0) is 5.75 Å². The number of hydrogen-bond donors (Lipinski definition) is 0. The van der Waals surface area contributed by atoms with Crippen molar-refractivity contribution in [3.05, 3.63) is 81.3 Å². The Hall–Kier alpha value is -1.53. The Kier molecular flexibility index (Phi) is 8.64. The first kappa shape index (κ1) is 21.8. The third-order valence-electron chi connectivity index (χ3n) is 3.30. The zero-order valence-corrected chi connectivity index (χ0v) is 17.7. The van der Waals surface area contributed by atoms with Gasteiger partial charge in [-0.1, -0.05) is 76.9 Å². The van der Waals surface area contributed by atoms with Crippen LogP contribution in [0, 0.1) is 5.82 Å². The number of para-hydroxylation sites is 1. The maximum atomic E-state index is 13.6. The van der Waals surface area contributed by atoms with Crippen LogP contribution >= 0.6 is 46.6 Å². The lowest BCUT2D eigenvalue weighted by Crippen LogP contribution is -2.07. The van der Waals surface area contributed by atoms with E-state index in [1.165, 1.54) is 29.6 Å². The summed E-state index contributed by atoms with van der Waals surface area (Å²) < 4.78 is 13.6. The summed E-state index contributed by atoms with van der Waals surface area (Å²) >= 11 is 18.4. The fourth-order valence-electron chi connectivity index (χ4n) is 1.96. The van der Waals surface area contributed by atoms with Crippen molar-refractivity contribution in [3.63, 3.8) is 0 Å². The second kappa shape index (κ2) is 10.7. The second-order valence-electron chi connectivity index (χ2n) is 5.53. The molecule has 0 radical (unpaired) electrons. The number of thioether (sulfide) groups is 1. The maximum Gasteiger partial charge on any atom is 0.190 e. The van der Waals surface area contributed by atoms with Crippen molar-refractivity contribution in [2.45, 2.75) is 10.9 Å². The van der Waals surface area contributed by atoms with Gasteiger partial charge >= 0.3 is 0 Å². The Morgan fingerprint density at radius 3 is 2.11 bits per heavy atom. The van der Waals surface area contributed by atoms with Crippen LogP contribution in [0.3, 0.4) is 0 Å². The van der Waals surface area contributed by atoms with E-state index >= 15 is 0 Å². The van der Waals surface area contributed by atoms with E-state index in [1.807, 2.05) is 32.3 Å². The van der Waals surface area contributed by atoms with Crippen molar-refractivity contribution < 1.29 is 4.39 Å². The largest absolute Gasteiger partial charge is 0.378 e. The van der Waals surface area contributed by atoms with Crippen molar-refractivity contribution >= 4 is 52.3 Å². The number of benzene rings is 2. The summed E-state index contributed by atoms with van der Waals surface area (Å²) in [6.07, 6.45) is 0. The SMILES string of the molecule is CN(C)c1ccccc1.Fc1c(Cl)cccc1CSc1nc(Cl)cc(Cl)n1. The molecule has 1 aromatic heterocycles. The summed E-state index contributed by atoms with van der Waals surface area (Å²) in [5.74, 6) is -0.0805. The van der Waals surface area contributed by atoms with E-state index in [0.717, 1.165) is 0 Å². The molecule has 3 aromatic rings.